The number of hydrogen-bond donors (Lipinski definition) is 3. The lowest BCUT2D eigenvalue weighted by atomic mass is 9.77. The van der Waals surface area contributed by atoms with Crippen molar-refractivity contribution in [2.75, 3.05) is 11.9 Å². The quantitative estimate of drug-likeness (QED) is 0.740. The van der Waals surface area contributed by atoms with Gasteiger partial charge < -0.3 is 20.3 Å². The highest BCUT2D eigenvalue weighted by atomic mass is 19.4. The van der Waals surface area contributed by atoms with Crippen molar-refractivity contribution >= 4 is 5.82 Å². The zero-order valence-electron chi connectivity index (χ0n) is 15.2. The van der Waals surface area contributed by atoms with Gasteiger partial charge in [-0.3, -0.25) is 0 Å². The predicted octanol–water partition coefficient (Wildman–Crippen LogP) is 3.27. The van der Waals surface area contributed by atoms with Crippen molar-refractivity contribution in [2.24, 2.45) is 0 Å². The highest BCUT2D eigenvalue weighted by Gasteiger charge is 2.39. The van der Waals surface area contributed by atoms with Crippen LogP contribution in [-0.4, -0.2) is 38.7 Å². The number of phenols is 1. The molecule has 0 atom stereocenters. The van der Waals surface area contributed by atoms with E-state index in [1.165, 1.54) is 6.07 Å². The van der Waals surface area contributed by atoms with Gasteiger partial charge in [0.2, 0.25) is 0 Å². The third kappa shape index (κ3) is 3.51. The first-order chi connectivity index (χ1) is 13.1. The van der Waals surface area contributed by atoms with E-state index in [0.29, 0.717) is 49.0 Å². The average molecular weight is 395 g/mol. The molecule has 1 aromatic carbocycles. The molecule has 6 nitrogen and oxygen atoms in total. The second-order valence-corrected chi connectivity index (χ2v) is 7.63. The Kier molecular flexibility index (Phi) is 4.46. The van der Waals surface area contributed by atoms with Gasteiger partial charge in [0, 0.05) is 22.7 Å². The van der Waals surface area contributed by atoms with E-state index in [0.717, 1.165) is 11.6 Å². The first kappa shape index (κ1) is 18.9. The van der Waals surface area contributed by atoms with Crippen molar-refractivity contribution < 1.29 is 28.1 Å². The Bertz CT molecular complexity index is 907. The van der Waals surface area contributed by atoms with Crippen LogP contribution in [0.25, 0.3) is 11.3 Å². The molecule has 2 aliphatic rings. The molecule has 0 radical (unpaired) electrons. The monoisotopic (exact) mass is 395 g/mol. The zero-order chi connectivity index (χ0) is 20.1. The number of halogens is 3. The molecule has 0 spiro atoms. The number of nitrogens with zero attached hydrogens (tertiary/aromatic N) is 2. The van der Waals surface area contributed by atoms with E-state index in [9.17, 15) is 23.4 Å². The molecule has 4 rings (SSSR count). The van der Waals surface area contributed by atoms with Crippen molar-refractivity contribution in [2.45, 2.75) is 50.6 Å². The summed E-state index contributed by atoms with van der Waals surface area (Å²) in [5.74, 6) is 0.0848. The summed E-state index contributed by atoms with van der Waals surface area (Å²) in [5, 5.41) is 31.7. The summed E-state index contributed by atoms with van der Waals surface area (Å²) < 4.78 is 44.1. The summed E-state index contributed by atoms with van der Waals surface area (Å²) in [4.78, 5) is 0. The Morgan fingerprint density at radius 1 is 1.21 bits per heavy atom. The zero-order valence-corrected chi connectivity index (χ0v) is 15.2. The Morgan fingerprint density at radius 3 is 2.61 bits per heavy atom. The number of alkyl halides is 3. The van der Waals surface area contributed by atoms with E-state index in [1.807, 2.05) is 0 Å². The molecule has 0 saturated heterocycles. The first-order valence-corrected chi connectivity index (χ1v) is 9.00. The molecule has 9 heteroatoms. The summed E-state index contributed by atoms with van der Waals surface area (Å²) >= 11 is 0. The Balaban J connectivity index is 1.69. The van der Waals surface area contributed by atoms with Crippen molar-refractivity contribution in [1.29, 1.82) is 0 Å². The third-order valence-electron chi connectivity index (χ3n) is 5.22. The van der Waals surface area contributed by atoms with Crippen LogP contribution in [0.3, 0.4) is 0 Å². The van der Waals surface area contributed by atoms with E-state index in [4.69, 9.17) is 4.74 Å². The van der Waals surface area contributed by atoms with Gasteiger partial charge in [0.15, 0.2) is 5.82 Å². The maximum absolute atomic E-state index is 12.9. The molecular formula is C19H20F3N3O3. The molecule has 150 valence electrons. The van der Waals surface area contributed by atoms with Gasteiger partial charge in [0.25, 0.3) is 0 Å². The molecule has 0 bridgehead atoms. The van der Waals surface area contributed by atoms with E-state index < -0.39 is 23.1 Å². The number of ether oxygens (including phenoxy) is 1. The summed E-state index contributed by atoms with van der Waals surface area (Å²) in [6.45, 7) is 2.50. The second kappa shape index (κ2) is 6.59. The van der Waals surface area contributed by atoms with Crippen LogP contribution in [0.1, 0.15) is 36.5 Å². The van der Waals surface area contributed by atoms with Crippen LogP contribution in [0.5, 0.6) is 5.75 Å². The summed E-state index contributed by atoms with van der Waals surface area (Å²) in [5.41, 5.74) is 0.460. The molecule has 1 saturated carbocycles. The van der Waals surface area contributed by atoms with Gasteiger partial charge in [-0.25, -0.2) is 0 Å². The molecule has 1 fully saturated rings. The number of aromatic hydroxyl groups is 1. The van der Waals surface area contributed by atoms with Gasteiger partial charge in [0.1, 0.15) is 11.4 Å². The van der Waals surface area contributed by atoms with Crippen LogP contribution >= 0.6 is 0 Å². The normalized spacial score (nSPS) is 24.4. The van der Waals surface area contributed by atoms with Crippen LogP contribution in [0, 0.1) is 0 Å². The lowest BCUT2D eigenvalue weighted by Gasteiger charge is -2.41. The highest BCUT2D eigenvalue weighted by Crippen LogP contribution is 2.40. The minimum absolute atomic E-state index is 0.0848. The minimum Gasteiger partial charge on any atom is -0.507 e. The molecule has 0 unspecified atom stereocenters. The molecule has 2 heterocycles. The van der Waals surface area contributed by atoms with Gasteiger partial charge in [0.05, 0.1) is 24.4 Å². The number of hydrogen-bond acceptors (Lipinski definition) is 6. The van der Waals surface area contributed by atoms with Gasteiger partial charge in [-0.15, -0.1) is 10.2 Å². The van der Waals surface area contributed by atoms with Gasteiger partial charge in [-0.2, -0.15) is 13.2 Å². The molecule has 28 heavy (non-hydrogen) atoms. The number of benzene rings is 1. The molecule has 2 aromatic rings. The van der Waals surface area contributed by atoms with Gasteiger partial charge in [-0.05, 0) is 44.4 Å². The molecule has 0 amide bonds. The van der Waals surface area contributed by atoms with Crippen LogP contribution in [0.15, 0.2) is 18.2 Å². The van der Waals surface area contributed by atoms with Crippen LogP contribution in [0.2, 0.25) is 0 Å². The van der Waals surface area contributed by atoms with Crippen molar-refractivity contribution in [3.63, 3.8) is 0 Å². The SMILES string of the molecule is CC1(O)CC(Nc2nnc(-c3ccc(C(F)(F)F)cc3O)c3c2CCOC3)C1. The number of aliphatic hydroxyl groups is 1. The maximum Gasteiger partial charge on any atom is 0.416 e. The average Bonchev–Trinajstić information content (AvgIpc) is 2.60. The number of anilines is 1. The van der Waals surface area contributed by atoms with Crippen molar-refractivity contribution in [1.82, 2.24) is 10.2 Å². The lowest BCUT2D eigenvalue weighted by Crippen LogP contribution is -2.48. The Hall–Kier alpha value is -2.39. The topological polar surface area (TPSA) is 87.5 Å². The molecule has 1 aliphatic carbocycles. The smallest absolute Gasteiger partial charge is 0.416 e. The molecule has 3 N–H and O–H groups in total. The molecule has 1 aromatic heterocycles. The number of aromatic nitrogens is 2. The first-order valence-electron chi connectivity index (χ1n) is 9.00. The number of fused-ring (bicyclic) bond motifs is 1. The Morgan fingerprint density at radius 2 is 1.96 bits per heavy atom. The van der Waals surface area contributed by atoms with Crippen molar-refractivity contribution in [3.05, 3.63) is 34.9 Å². The summed E-state index contributed by atoms with van der Waals surface area (Å²) in [6.07, 6.45) is -2.77. The van der Waals surface area contributed by atoms with Crippen LogP contribution in [-0.2, 0) is 23.9 Å². The maximum atomic E-state index is 12.9. The largest absolute Gasteiger partial charge is 0.507 e. The molecular weight excluding hydrogens is 375 g/mol. The number of rotatable bonds is 3. The third-order valence-corrected chi connectivity index (χ3v) is 5.22. The highest BCUT2D eigenvalue weighted by molar-refractivity contribution is 5.73. The van der Waals surface area contributed by atoms with Crippen molar-refractivity contribution in [3.8, 4) is 17.0 Å². The second-order valence-electron chi connectivity index (χ2n) is 7.63. The number of phenolic OH excluding ortho intramolecular Hbond substituents is 1. The van der Waals surface area contributed by atoms with Gasteiger partial charge >= 0.3 is 6.18 Å². The Labute approximate surface area is 159 Å². The van der Waals surface area contributed by atoms with E-state index in [2.05, 4.69) is 15.5 Å². The van der Waals surface area contributed by atoms with Crippen LogP contribution in [0.4, 0.5) is 19.0 Å². The fourth-order valence-corrected chi connectivity index (χ4v) is 3.82. The lowest BCUT2D eigenvalue weighted by molar-refractivity contribution is -0.137. The molecule has 1 aliphatic heterocycles. The van der Waals surface area contributed by atoms with Crippen LogP contribution < -0.4 is 5.32 Å². The fraction of sp³-hybridized carbons (Fsp3) is 0.474. The predicted molar refractivity (Wildman–Crippen MR) is 94.8 cm³/mol. The standard InChI is InChI=1S/C19H20F3N3O3/c1-18(27)7-11(8-18)23-17-12-4-5-28-9-14(12)16(24-25-17)13-3-2-10(6-15(13)26)19(20,21)22/h2-3,6,11,26-27H,4-5,7-9H2,1H3,(H,23,25). The number of nitrogens with one attached hydrogen (secondary N) is 1. The summed E-state index contributed by atoms with van der Waals surface area (Å²) in [7, 11) is 0. The van der Waals surface area contributed by atoms with E-state index >= 15 is 0 Å². The fourth-order valence-electron chi connectivity index (χ4n) is 3.82. The van der Waals surface area contributed by atoms with E-state index in [-0.39, 0.29) is 18.2 Å². The summed E-state index contributed by atoms with van der Waals surface area (Å²) in [6, 6.07) is 2.89. The van der Waals surface area contributed by atoms with E-state index in [1.54, 1.807) is 6.92 Å². The minimum atomic E-state index is -4.54. The van der Waals surface area contributed by atoms with Gasteiger partial charge in [-0.1, -0.05) is 0 Å².